The van der Waals surface area contributed by atoms with Gasteiger partial charge in [0.2, 0.25) is 11.8 Å². The minimum absolute atomic E-state index is 0.0998. The molecule has 1 atom stereocenters. The molecule has 2 amide bonds. The Kier molecular flexibility index (Phi) is 5.72. The molecule has 152 valence electrons. The fraction of sp³-hybridized carbons (Fsp3) is 0.167. The summed E-state index contributed by atoms with van der Waals surface area (Å²) in [6.45, 7) is 1.78. The van der Waals surface area contributed by atoms with E-state index in [1.165, 1.54) is 6.92 Å². The van der Waals surface area contributed by atoms with Crippen LogP contribution in [0.1, 0.15) is 36.3 Å². The molecule has 1 N–H and O–H groups in total. The maximum Gasteiger partial charge on any atom is 0.223 e. The molecule has 2 aromatic carbocycles. The average molecular weight is 421 g/mol. The van der Waals surface area contributed by atoms with Gasteiger partial charge in [0.05, 0.1) is 19.0 Å². The van der Waals surface area contributed by atoms with Crippen LogP contribution in [0, 0.1) is 0 Å². The van der Waals surface area contributed by atoms with Gasteiger partial charge in [-0.25, -0.2) is 0 Å². The first-order chi connectivity index (χ1) is 14.5. The predicted molar refractivity (Wildman–Crippen MR) is 116 cm³/mol. The minimum Gasteiger partial charge on any atom is -0.459 e. The number of nitrogens with one attached hydrogen (secondary N) is 1. The average Bonchev–Trinajstić information content (AvgIpc) is 3.22. The Bertz CT molecular complexity index is 1100. The topological polar surface area (TPSA) is 62.6 Å². The van der Waals surface area contributed by atoms with Crippen molar-refractivity contribution in [3.63, 3.8) is 0 Å². The number of fused-ring (bicyclic) bond motifs is 1. The summed E-state index contributed by atoms with van der Waals surface area (Å²) in [7, 11) is 0. The van der Waals surface area contributed by atoms with E-state index in [9.17, 15) is 9.59 Å². The monoisotopic (exact) mass is 420 g/mol. The maximum atomic E-state index is 12.6. The number of furan rings is 1. The van der Waals surface area contributed by atoms with Crippen molar-refractivity contribution in [2.45, 2.75) is 25.9 Å². The van der Waals surface area contributed by atoms with Crippen molar-refractivity contribution in [1.29, 1.82) is 0 Å². The Morgan fingerprint density at radius 2 is 1.83 bits per heavy atom. The predicted octanol–water partition coefficient (Wildman–Crippen LogP) is 5.18. The Balaban J connectivity index is 1.41. The molecule has 0 saturated carbocycles. The van der Waals surface area contributed by atoms with Gasteiger partial charge in [0.1, 0.15) is 11.5 Å². The molecule has 30 heavy (non-hydrogen) atoms. The number of benzene rings is 2. The molecule has 0 bridgehead atoms. The van der Waals surface area contributed by atoms with Crippen molar-refractivity contribution in [3.05, 3.63) is 88.8 Å². The number of carbonyl (C=O) groups is 2. The van der Waals surface area contributed by atoms with E-state index in [0.717, 1.165) is 16.7 Å². The normalized spacial score (nSPS) is 15.0. The highest BCUT2D eigenvalue weighted by Gasteiger charge is 2.28. The van der Waals surface area contributed by atoms with E-state index >= 15 is 0 Å². The highest BCUT2D eigenvalue weighted by atomic mass is 35.5. The molecule has 1 unspecified atom stereocenters. The summed E-state index contributed by atoms with van der Waals surface area (Å²) >= 11 is 5.92. The molecule has 6 heteroatoms. The first-order valence-electron chi connectivity index (χ1n) is 9.68. The lowest BCUT2D eigenvalue weighted by Gasteiger charge is -2.32. The largest absolute Gasteiger partial charge is 0.459 e. The highest BCUT2D eigenvalue weighted by molar-refractivity contribution is 6.30. The number of nitrogens with zero attached hydrogens (tertiary/aromatic N) is 1. The van der Waals surface area contributed by atoms with E-state index in [1.54, 1.807) is 23.2 Å². The van der Waals surface area contributed by atoms with E-state index in [4.69, 9.17) is 16.0 Å². The quantitative estimate of drug-likeness (QED) is 0.618. The number of halogens is 1. The number of rotatable bonds is 5. The van der Waals surface area contributed by atoms with Crippen LogP contribution in [-0.2, 0) is 16.1 Å². The molecule has 5 nitrogen and oxygen atoms in total. The lowest BCUT2D eigenvalue weighted by Crippen LogP contribution is -2.35. The second-order valence-corrected chi connectivity index (χ2v) is 7.58. The molecule has 3 aromatic rings. The van der Waals surface area contributed by atoms with Crippen LogP contribution in [0.3, 0.4) is 0 Å². The molecule has 1 aromatic heterocycles. The van der Waals surface area contributed by atoms with Crippen LogP contribution in [0.15, 0.2) is 71.3 Å². The summed E-state index contributed by atoms with van der Waals surface area (Å²) < 4.78 is 5.83. The summed E-state index contributed by atoms with van der Waals surface area (Å²) in [6.07, 6.45) is 3.81. The van der Waals surface area contributed by atoms with E-state index in [2.05, 4.69) is 5.32 Å². The minimum atomic E-state index is -0.329. The SMILES string of the molecule is CC(=O)N1C=Cc2ccccc2C1CC(=O)NCc1ccc(-c2ccc(Cl)cc2)o1. The van der Waals surface area contributed by atoms with E-state index in [1.807, 2.05) is 54.6 Å². The second-order valence-electron chi connectivity index (χ2n) is 7.14. The zero-order chi connectivity index (χ0) is 21.1. The van der Waals surface area contributed by atoms with Crippen LogP contribution in [0.4, 0.5) is 0 Å². The van der Waals surface area contributed by atoms with Gasteiger partial charge in [-0.3, -0.25) is 9.59 Å². The second kappa shape index (κ2) is 8.59. The summed E-state index contributed by atoms with van der Waals surface area (Å²) in [5, 5.41) is 3.56. The fourth-order valence-electron chi connectivity index (χ4n) is 3.59. The third-order valence-electron chi connectivity index (χ3n) is 5.10. The van der Waals surface area contributed by atoms with Crippen molar-refractivity contribution in [2.24, 2.45) is 0 Å². The number of amides is 2. The summed E-state index contributed by atoms with van der Waals surface area (Å²) in [5.41, 5.74) is 2.90. The van der Waals surface area contributed by atoms with Gasteiger partial charge in [0.25, 0.3) is 0 Å². The number of carbonyl (C=O) groups excluding carboxylic acids is 2. The maximum absolute atomic E-state index is 12.6. The standard InChI is InChI=1S/C24H21ClN2O3/c1-16(28)27-13-12-17-4-2-3-5-21(17)22(27)14-24(29)26-15-20-10-11-23(30-20)18-6-8-19(25)9-7-18/h2-13,22H,14-15H2,1H3,(H,26,29). The van der Waals surface area contributed by atoms with Gasteiger partial charge in [-0.05, 0) is 53.6 Å². The van der Waals surface area contributed by atoms with Gasteiger partial charge >= 0.3 is 0 Å². The summed E-state index contributed by atoms with van der Waals surface area (Å²) in [5.74, 6) is 1.11. The number of hydrogen-bond acceptors (Lipinski definition) is 3. The molecule has 1 aliphatic rings. The van der Waals surface area contributed by atoms with Crippen molar-refractivity contribution in [1.82, 2.24) is 10.2 Å². The Morgan fingerprint density at radius 3 is 2.60 bits per heavy atom. The van der Waals surface area contributed by atoms with E-state index in [-0.39, 0.29) is 30.8 Å². The molecule has 0 saturated heterocycles. The number of hydrogen-bond donors (Lipinski definition) is 1. The van der Waals surface area contributed by atoms with E-state index in [0.29, 0.717) is 16.5 Å². The smallest absolute Gasteiger partial charge is 0.223 e. The first kappa shape index (κ1) is 20.0. The summed E-state index contributed by atoms with van der Waals surface area (Å²) in [4.78, 5) is 26.3. The Morgan fingerprint density at radius 1 is 1.07 bits per heavy atom. The molecule has 0 aliphatic carbocycles. The third kappa shape index (κ3) is 4.31. The van der Waals surface area contributed by atoms with Gasteiger partial charge in [0, 0.05) is 23.7 Å². The first-order valence-corrected chi connectivity index (χ1v) is 10.1. The van der Waals surface area contributed by atoms with Crippen LogP contribution in [0.2, 0.25) is 5.02 Å². The van der Waals surface area contributed by atoms with Gasteiger partial charge in [-0.2, -0.15) is 0 Å². The zero-order valence-corrected chi connectivity index (χ0v) is 17.2. The van der Waals surface area contributed by atoms with Crippen molar-refractivity contribution >= 4 is 29.5 Å². The molecule has 0 radical (unpaired) electrons. The van der Waals surface area contributed by atoms with Crippen LogP contribution in [0.5, 0.6) is 0 Å². The van der Waals surface area contributed by atoms with Crippen LogP contribution >= 0.6 is 11.6 Å². The molecule has 2 heterocycles. The molecular formula is C24H21ClN2O3. The zero-order valence-electron chi connectivity index (χ0n) is 16.5. The van der Waals surface area contributed by atoms with Crippen molar-refractivity contribution in [2.75, 3.05) is 0 Å². The van der Waals surface area contributed by atoms with Crippen molar-refractivity contribution < 1.29 is 14.0 Å². The highest BCUT2D eigenvalue weighted by Crippen LogP contribution is 2.32. The van der Waals surface area contributed by atoms with E-state index < -0.39 is 0 Å². The van der Waals surface area contributed by atoms with Gasteiger partial charge in [-0.15, -0.1) is 0 Å². The Labute approximate surface area is 180 Å². The molecule has 0 spiro atoms. The molecule has 0 fully saturated rings. The van der Waals surface area contributed by atoms with Crippen LogP contribution < -0.4 is 5.32 Å². The molecule has 4 rings (SSSR count). The van der Waals surface area contributed by atoms with Crippen molar-refractivity contribution in [3.8, 4) is 11.3 Å². The van der Waals surface area contributed by atoms with Crippen LogP contribution in [0.25, 0.3) is 17.4 Å². The Hall–Kier alpha value is -3.31. The lowest BCUT2D eigenvalue weighted by molar-refractivity contribution is -0.130. The fourth-order valence-corrected chi connectivity index (χ4v) is 3.71. The summed E-state index contributed by atoms with van der Waals surface area (Å²) in [6, 6.07) is 18.5. The molecule has 1 aliphatic heterocycles. The van der Waals surface area contributed by atoms with Gasteiger partial charge in [0.15, 0.2) is 0 Å². The molecular weight excluding hydrogens is 400 g/mol. The van der Waals surface area contributed by atoms with Gasteiger partial charge in [-0.1, -0.05) is 35.9 Å². The lowest BCUT2D eigenvalue weighted by atomic mass is 9.93. The third-order valence-corrected chi connectivity index (χ3v) is 5.35. The van der Waals surface area contributed by atoms with Gasteiger partial charge < -0.3 is 14.6 Å². The van der Waals surface area contributed by atoms with Crippen LogP contribution in [-0.4, -0.2) is 16.7 Å².